The average Bonchev–Trinajstić information content (AvgIpc) is 3.60. The monoisotopic (exact) mass is 1110 g/mol. The predicted molar refractivity (Wildman–Crippen MR) is 268 cm³/mol. The van der Waals surface area contributed by atoms with Gasteiger partial charge >= 0.3 is 21.2 Å². The van der Waals surface area contributed by atoms with Crippen LogP contribution >= 0.6 is 0 Å². The van der Waals surface area contributed by atoms with Gasteiger partial charge in [0.05, 0.1) is 37.1 Å². The van der Waals surface area contributed by atoms with Crippen molar-refractivity contribution in [1.82, 2.24) is 9.14 Å². The van der Waals surface area contributed by atoms with E-state index in [1.807, 2.05) is 61.5 Å². The summed E-state index contributed by atoms with van der Waals surface area (Å²) in [6.45, 7) is 15.9. The molecule has 7 rings (SSSR count). The fourth-order valence-electron chi connectivity index (χ4n) is 10.1. The smallest absolute Gasteiger partial charge is 0.425 e. The number of carbonyl (C=O) groups excluding carboxylic acids is 1. The minimum Gasteiger partial charge on any atom is -0.468 e. The maximum atomic E-state index is 12.7. The second-order valence-corrected chi connectivity index (χ2v) is 24.6. The van der Waals surface area contributed by atoms with Crippen LogP contribution in [0.2, 0.25) is 0 Å². The number of imidazole rings is 1. The van der Waals surface area contributed by atoms with E-state index >= 15 is 0 Å². The van der Waals surface area contributed by atoms with E-state index in [0.29, 0.717) is 49.1 Å². The molecule has 0 amide bonds. The van der Waals surface area contributed by atoms with Gasteiger partial charge in [0.1, 0.15) is 23.0 Å². The predicted octanol–water partition coefficient (Wildman–Crippen LogP) is 2.43. The Balaban J connectivity index is 0.00000115. The fraction of sp³-hybridized carbons (Fsp3) is 0.426. The Hall–Kier alpha value is -5.74. The Labute approximate surface area is 427 Å². The highest BCUT2D eigenvalue weighted by atomic mass is 32.2. The van der Waals surface area contributed by atoms with E-state index in [-0.39, 0.29) is 30.2 Å². The quantitative estimate of drug-likeness (QED) is 0.0628. The van der Waals surface area contributed by atoms with Gasteiger partial charge in [0.2, 0.25) is 5.36 Å². The molecule has 3 N–H and O–H groups in total. The summed E-state index contributed by atoms with van der Waals surface area (Å²) in [5, 5.41) is 1.74. The fourth-order valence-corrected chi connectivity index (χ4v) is 12.0. The Morgan fingerprint density at radius 2 is 1.38 bits per heavy atom. The maximum absolute atomic E-state index is 12.7. The number of ether oxygens (including phenoxy) is 1. The van der Waals surface area contributed by atoms with E-state index < -0.39 is 73.8 Å². The van der Waals surface area contributed by atoms with Crippen LogP contribution in [-0.2, 0) is 86.7 Å². The number of aryl methyl sites for hydroxylation is 2. The summed E-state index contributed by atoms with van der Waals surface area (Å²) in [6, 6.07) is 14.8. The lowest BCUT2D eigenvalue weighted by atomic mass is 9.68. The molecule has 0 bridgehead atoms. The van der Waals surface area contributed by atoms with Gasteiger partial charge in [-0.2, -0.15) is 25.3 Å². The first kappa shape index (κ1) is 58.2. The maximum Gasteiger partial charge on any atom is 0.425 e. The number of nitrogens with zero attached hydrogens (tertiary/aromatic N) is 4. The van der Waals surface area contributed by atoms with Crippen molar-refractivity contribution in [2.24, 2.45) is 7.05 Å². The Morgan fingerprint density at radius 1 is 0.753 bits per heavy atom. The third kappa shape index (κ3) is 13.7. The molecular formula is C47H58N4O17S5+2. The van der Waals surface area contributed by atoms with Gasteiger partial charge < -0.3 is 9.64 Å². The molecule has 0 spiro atoms. The second kappa shape index (κ2) is 22.0. The number of anilines is 1. The highest BCUT2D eigenvalue weighted by Gasteiger charge is 2.43. The van der Waals surface area contributed by atoms with E-state index in [4.69, 9.17) is 30.0 Å². The SMILES string of the molecule is CC1=CC(C)(C)[N+](Cc2ccccc2S(=O)(=O)O)=c2cc3c(cc21)=C(c1n(CCCCS(=O)(=O)O)cc[n+]1C)c1cc2c(cc1C3(C)C)N(CCCOC=O)C(C)(C)C=C2CS(=O)(=O)O.O=S(=O)=O.O=S(=O)=O. The van der Waals surface area contributed by atoms with Crippen molar-refractivity contribution in [2.75, 3.05) is 29.6 Å². The molecule has 73 heavy (non-hydrogen) atoms. The van der Waals surface area contributed by atoms with Crippen LogP contribution in [0.25, 0.3) is 16.7 Å². The zero-order valence-corrected chi connectivity index (χ0v) is 45.3. The molecule has 2 aliphatic heterocycles. The molecule has 3 aliphatic rings. The highest BCUT2D eigenvalue weighted by Crippen LogP contribution is 2.48. The van der Waals surface area contributed by atoms with E-state index in [2.05, 4.69) is 61.4 Å². The molecule has 0 fully saturated rings. The summed E-state index contributed by atoms with van der Waals surface area (Å²) in [5.74, 6) is -0.221. The molecule has 26 heteroatoms. The molecule has 1 aliphatic carbocycles. The van der Waals surface area contributed by atoms with E-state index in [1.54, 1.807) is 18.2 Å². The summed E-state index contributed by atoms with van der Waals surface area (Å²) in [7, 11) is -17.5. The van der Waals surface area contributed by atoms with Gasteiger partial charge in [0.25, 0.3) is 42.7 Å². The zero-order valence-electron chi connectivity index (χ0n) is 41.3. The second-order valence-electron chi connectivity index (χ2n) is 19.3. The summed E-state index contributed by atoms with van der Waals surface area (Å²) in [5.41, 5.74) is 5.52. The minimum atomic E-state index is -4.55. The third-order valence-electron chi connectivity index (χ3n) is 13.0. The van der Waals surface area contributed by atoms with Crippen molar-refractivity contribution < 1.29 is 78.3 Å². The van der Waals surface area contributed by atoms with E-state index in [1.165, 1.54) is 6.07 Å². The van der Waals surface area contributed by atoms with Crippen LogP contribution in [0.1, 0.15) is 107 Å². The standard InChI is InChI=1S/C47H56N4O11S3.2O3S/c1-31-26-45(2,3)51(28-32-14-9-10-15-42(32)65(59,60)61)40-24-38-36(22-34(31)40)43(44-48(8)18-19-49(44)16-11-12-21-63(53,54)55)37-23-35-33(29-64(56,57)58)27-46(4,5)50(17-13-20-62-30-52)41(35)25-39(37)47(38,6)7;2*1-4(2)3/h9-10,14-15,18-19,22-27,30H,11-13,16-17,20-21,28-29H2,1-8H3,(H-2,53,54,55,56,57,58,59,60,61);;/p+2. The van der Waals surface area contributed by atoms with Crippen LogP contribution in [0.5, 0.6) is 0 Å². The molecule has 3 aromatic carbocycles. The van der Waals surface area contributed by atoms with Crippen molar-refractivity contribution in [3.8, 4) is 0 Å². The summed E-state index contributed by atoms with van der Waals surface area (Å²) >= 11 is 0. The number of hydrogen-bond donors (Lipinski definition) is 3. The molecule has 1 aromatic heterocycles. The summed E-state index contributed by atoms with van der Waals surface area (Å²) < 4.78 is 166. The van der Waals surface area contributed by atoms with Crippen LogP contribution in [-0.4, -0.2) is 111 Å². The van der Waals surface area contributed by atoms with Gasteiger partial charge in [-0.3, -0.25) is 18.5 Å². The van der Waals surface area contributed by atoms with E-state index in [9.17, 15) is 43.7 Å². The van der Waals surface area contributed by atoms with Crippen LogP contribution in [0, 0.1) is 0 Å². The van der Waals surface area contributed by atoms with Crippen LogP contribution in [0.4, 0.5) is 5.69 Å². The summed E-state index contributed by atoms with van der Waals surface area (Å²) in [6.07, 6.45) is 8.97. The molecule has 0 saturated heterocycles. The number of allylic oxidation sites excluding steroid dienone is 1. The molecule has 3 heterocycles. The molecule has 0 atom stereocenters. The number of unbranched alkanes of at least 4 members (excludes halogenated alkanes) is 1. The Bertz CT molecular complexity index is 3620. The average molecular weight is 1110 g/mol. The van der Waals surface area contributed by atoms with Crippen molar-refractivity contribution in [3.63, 3.8) is 0 Å². The van der Waals surface area contributed by atoms with E-state index in [0.717, 1.165) is 55.5 Å². The minimum absolute atomic E-state index is 0.154. The van der Waals surface area contributed by atoms with Gasteiger partial charge in [-0.15, -0.1) is 25.3 Å². The lowest BCUT2D eigenvalue weighted by Gasteiger charge is -2.45. The lowest BCUT2D eigenvalue weighted by molar-refractivity contribution is -0.673. The van der Waals surface area contributed by atoms with Gasteiger partial charge in [-0.05, 0) is 103 Å². The van der Waals surface area contributed by atoms with Crippen LogP contribution in [0.3, 0.4) is 0 Å². The molecule has 396 valence electrons. The third-order valence-corrected chi connectivity index (χ3v) is 15.4. The molecule has 0 radical (unpaired) electrons. The van der Waals surface area contributed by atoms with Gasteiger partial charge in [-0.25, -0.2) is 13.7 Å². The first-order valence-corrected chi connectivity index (χ1v) is 29.1. The largest absolute Gasteiger partial charge is 0.468 e. The van der Waals surface area contributed by atoms with Crippen LogP contribution < -0.4 is 24.6 Å². The lowest BCUT2D eigenvalue weighted by Crippen LogP contribution is -2.50. The van der Waals surface area contributed by atoms with Gasteiger partial charge in [0, 0.05) is 54.3 Å². The Kier molecular flexibility index (Phi) is 17.5. The van der Waals surface area contributed by atoms with Gasteiger partial charge in [-0.1, -0.05) is 38.1 Å². The topological polar surface area (TPSA) is 307 Å². The summed E-state index contributed by atoms with van der Waals surface area (Å²) in [4.78, 5) is 13.1. The normalized spacial score (nSPS) is 16.1. The van der Waals surface area contributed by atoms with Crippen molar-refractivity contribution in [3.05, 3.63) is 123 Å². The highest BCUT2D eigenvalue weighted by molar-refractivity contribution is 7.86. The number of benzene rings is 3. The molecular weight excluding hydrogens is 1050 g/mol. The van der Waals surface area contributed by atoms with Crippen LogP contribution in [0.15, 0.2) is 78.0 Å². The number of hydrogen-bond acceptors (Lipinski definition) is 15. The molecule has 0 saturated carbocycles. The Morgan fingerprint density at radius 3 is 1.97 bits per heavy atom. The number of rotatable bonds is 16. The number of fused-ring (bicyclic) bond motifs is 4. The number of carbonyl (C=O) groups is 1. The van der Waals surface area contributed by atoms with Crippen molar-refractivity contribution >= 4 is 80.5 Å². The number of aromatic nitrogens is 2. The van der Waals surface area contributed by atoms with Crippen molar-refractivity contribution in [1.29, 1.82) is 0 Å². The van der Waals surface area contributed by atoms with Gasteiger partial charge in [0.15, 0.2) is 12.1 Å². The first-order valence-electron chi connectivity index (χ1n) is 22.4. The molecule has 4 aromatic rings. The zero-order chi connectivity index (χ0) is 54.8. The first-order chi connectivity index (χ1) is 33.6. The molecule has 21 nitrogen and oxygen atoms in total. The molecule has 0 unspecified atom stereocenters. The van der Waals surface area contributed by atoms with Crippen molar-refractivity contribution in [2.45, 2.75) is 102 Å².